The van der Waals surface area contributed by atoms with Crippen molar-refractivity contribution in [3.8, 4) is 0 Å². The Labute approximate surface area is 128 Å². The third-order valence-electron chi connectivity index (χ3n) is 4.29. The summed E-state index contributed by atoms with van der Waals surface area (Å²) in [6.07, 6.45) is 3.01. The van der Waals surface area contributed by atoms with Crippen LogP contribution in [-0.4, -0.2) is 59.5 Å². The number of likely N-dealkylation sites (N-methyl/N-ethyl adjacent to an activating group) is 2. The van der Waals surface area contributed by atoms with E-state index in [9.17, 15) is 0 Å². The summed E-state index contributed by atoms with van der Waals surface area (Å²) in [5, 5.41) is 0. The van der Waals surface area contributed by atoms with Crippen LogP contribution in [0.5, 0.6) is 0 Å². The van der Waals surface area contributed by atoms with Gasteiger partial charge in [-0.15, -0.1) is 0 Å². The van der Waals surface area contributed by atoms with E-state index in [0.29, 0.717) is 0 Å². The fourth-order valence-electron chi connectivity index (χ4n) is 2.88. The molecular weight excluding hydrogens is 262 g/mol. The van der Waals surface area contributed by atoms with Gasteiger partial charge in [-0.2, -0.15) is 0 Å². The largest absolute Gasteiger partial charge is 0.327 e. The molecule has 0 aliphatic carbocycles. The van der Waals surface area contributed by atoms with Crippen LogP contribution in [0, 0.1) is 6.92 Å². The third kappa shape index (κ3) is 4.46. The highest BCUT2D eigenvalue weighted by atomic mass is 15.2. The van der Waals surface area contributed by atoms with Crippen LogP contribution in [0.2, 0.25) is 0 Å². The SMILES string of the molecule is CCC(N)Cc1cc(C)nc(C2CN(C)CCCN2C)n1. The lowest BCUT2D eigenvalue weighted by atomic mass is 10.1. The van der Waals surface area contributed by atoms with Gasteiger partial charge in [-0.3, -0.25) is 4.90 Å². The van der Waals surface area contributed by atoms with Crippen molar-refractivity contribution in [2.45, 2.75) is 45.2 Å². The quantitative estimate of drug-likeness (QED) is 0.908. The molecular formula is C16H29N5. The van der Waals surface area contributed by atoms with Gasteiger partial charge in [0.1, 0.15) is 5.82 Å². The minimum atomic E-state index is 0.182. The molecule has 0 bridgehead atoms. The molecule has 0 amide bonds. The Bertz CT molecular complexity index is 462. The number of rotatable bonds is 4. The predicted molar refractivity (Wildman–Crippen MR) is 86.2 cm³/mol. The Balaban J connectivity index is 2.24. The van der Waals surface area contributed by atoms with Gasteiger partial charge in [0, 0.05) is 30.4 Å². The first-order valence-electron chi connectivity index (χ1n) is 7.98. The highest BCUT2D eigenvalue weighted by Crippen LogP contribution is 2.21. The maximum atomic E-state index is 6.08. The minimum Gasteiger partial charge on any atom is -0.327 e. The van der Waals surface area contributed by atoms with Gasteiger partial charge in [0.15, 0.2) is 0 Å². The monoisotopic (exact) mass is 291 g/mol. The van der Waals surface area contributed by atoms with E-state index in [1.807, 2.05) is 6.92 Å². The van der Waals surface area contributed by atoms with Gasteiger partial charge < -0.3 is 10.6 Å². The third-order valence-corrected chi connectivity index (χ3v) is 4.29. The first-order chi connectivity index (χ1) is 9.99. The summed E-state index contributed by atoms with van der Waals surface area (Å²) in [6, 6.07) is 2.52. The van der Waals surface area contributed by atoms with Crippen molar-refractivity contribution in [1.82, 2.24) is 19.8 Å². The summed E-state index contributed by atoms with van der Waals surface area (Å²) in [5.41, 5.74) is 8.20. The zero-order valence-corrected chi connectivity index (χ0v) is 13.8. The van der Waals surface area contributed by atoms with Crippen molar-refractivity contribution in [3.05, 3.63) is 23.3 Å². The van der Waals surface area contributed by atoms with Gasteiger partial charge in [0.25, 0.3) is 0 Å². The molecule has 0 radical (unpaired) electrons. The lowest BCUT2D eigenvalue weighted by Crippen LogP contribution is -2.32. The van der Waals surface area contributed by atoms with Crippen molar-refractivity contribution in [1.29, 1.82) is 0 Å². The van der Waals surface area contributed by atoms with Gasteiger partial charge >= 0.3 is 0 Å². The van der Waals surface area contributed by atoms with Crippen LogP contribution in [0.1, 0.15) is 43.0 Å². The molecule has 1 aliphatic heterocycles. The van der Waals surface area contributed by atoms with Gasteiger partial charge in [-0.1, -0.05) is 6.92 Å². The summed E-state index contributed by atoms with van der Waals surface area (Å²) in [7, 11) is 4.35. The summed E-state index contributed by atoms with van der Waals surface area (Å²) in [4.78, 5) is 14.3. The number of aromatic nitrogens is 2. The first kappa shape index (κ1) is 16.3. The Morgan fingerprint density at radius 2 is 2.10 bits per heavy atom. The molecule has 1 fully saturated rings. The van der Waals surface area contributed by atoms with Crippen LogP contribution >= 0.6 is 0 Å². The first-order valence-corrected chi connectivity index (χ1v) is 7.98. The Hall–Kier alpha value is -1.04. The van der Waals surface area contributed by atoms with Crippen molar-refractivity contribution in [2.24, 2.45) is 5.73 Å². The van der Waals surface area contributed by atoms with E-state index in [1.165, 1.54) is 6.42 Å². The van der Waals surface area contributed by atoms with Crippen molar-refractivity contribution in [3.63, 3.8) is 0 Å². The van der Waals surface area contributed by atoms with Gasteiger partial charge in [-0.25, -0.2) is 9.97 Å². The van der Waals surface area contributed by atoms with Crippen LogP contribution in [0.4, 0.5) is 0 Å². The van der Waals surface area contributed by atoms with E-state index >= 15 is 0 Å². The molecule has 2 rings (SSSR count). The topological polar surface area (TPSA) is 58.3 Å². The zero-order chi connectivity index (χ0) is 15.4. The van der Waals surface area contributed by atoms with Crippen LogP contribution in [0.25, 0.3) is 0 Å². The van der Waals surface area contributed by atoms with Crippen LogP contribution in [-0.2, 0) is 6.42 Å². The summed E-state index contributed by atoms with van der Waals surface area (Å²) in [6.45, 7) is 7.38. The molecule has 2 heterocycles. The average molecular weight is 291 g/mol. The van der Waals surface area contributed by atoms with Crippen molar-refractivity contribution < 1.29 is 0 Å². The van der Waals surface area contributed by atoms with Gasteiger partial charge in [0.05, 0.1) is 6.04 Å². The normalized spacial score (nSPS) is 23.0. The Kier molecular flexibility index (Phi) is 5.67. The van der Waals surface area contributed by atoms with E-state index < -0.39 is 0 Å². The molecule has 118 valence electrons. The molecule has 2 unspecified atom stereocenters. The molecule has 1 aromatic rings. The van der Waals surface area contributed by atoms with Crippen molar-refractivity contribution >= 4 is 0 Å². The van der Waals surface area contributed by atoms with E-state index in [-0.39, 0.29) is 12.1 Å². The molecule has 2 atom stereocenters. The minimum absolute atomic E-state index is 0.182. The number of nitrogens with zero attached hydrogens (tertiary/aromatic N) is 4. The standard InChI is InChI=1S/C16H29N5/c1-5-13(17)10-14-9-12(2)18-16(19-14)15-11-20(3)7-6-8-21(15)4/h9,13,15H,5-8,10-11,17H2,1-4H3. The summed E-state index contributed by atoms with van der Waals surface area (Å²) in [5.74, 6) is 0.949. The zero-order valence-electron chi connectivity index (χ0n) is 13.8. The van der Waals surface area contributed by atoms with Gasteiger partial charge in [0.2, 0.25) is 0 Å². The Morgan fingerprint density at radius 1 is 1.33 bits per heavy atom. The number of hydrogen-bond donors (Lipinski definition) is 1. The number of hydrogen-bond acceptors (Lipinski definition) is 5. The molecule has 1 aromatic heterocycles. The van der Waals surface area contributed by atoms with Gasteiger partial charge in [-0.05, 0) is 53.0 Å². The maximum absolute atomic E-state index is 6.08. The molecule has 5 heteroatoms. The summed E-state index contributed by atoms with van der Waals surface area (Å²) >= 11 is 0. The van der Waals surface area contributed by atoms with Crippen molar-refractivity contribution in [2.75, 3.05) is 33.7 Å². The maximum Gasteiger partial charge on any atom is 0.147 e. The van der Waals surface area contributed by atoms with Crippen LogP contribution in [0.15, 0.2) is 6.07 Å². The molecule has 0 spiro atoms. The molecule has 1 aliphatic rings. The van der Waals surface area contributed by atoms with Crippen LogP contribution < -0.4 is 5.73 Å². The lowest BCUT2D eigenvalue weighted by Gasteiger charge is -2.26. The second kappa shape index (κ2) is 7.29. The molecule has 5 nitrogen and oxygen atoms in total. The van der Waals surface area contributed by atoms with E-state index in [0.717, 1.165) is 49.7 Å². The second-order valence-corrected chi connectivity index (χ2v) is 6.34. The highest BCUT2D eigenvalue weighted by molar-refractivity contribution is 5.13. The smallest absolute Gasteiger partial charge is 0.147 e. The van der Waals surface area contributed by atoms with E-state index in [4.69, 9.17) is 15.7 Å². The second-order valence-electron chi connectivity index (χ2n) is 6.34. The molecule has 0 saturated carbocycles. The van der Waals surface area contributed by atoms with Crippen LogP contribution in [0.3, 0.4) is 0 Å². The molecule has 0 aromatic carbocycles. The molecule has 21 heavy (non-hydrogen) atoms. The number of aryl methyl sites for hydroxylation is 1. The lowest BCUT2D eigenvalue weighted by molar-refractivity contribution is 0.219. The molecule has 2 N–H and O–H groups in total. The fourth-order valence-corrected chi connectivity index (χ4v) is 2.88. The molecule has 1 saturated heterocycles. The average Bonchev–Trinajstić information content (AvgIpc) is 2.59. The predicted octanol–water partition coefficient (Wildman–Crippen LogP) is 1.37. The highest BCUT2D eigenvalue weighted by Gasteiger charge is 2.25. The summed E-state index contributed by atoms with van der Waals surface area (Å²) < 4.78 is 0. The van der Waals surface area contributed by atoms with E-state index in [1.54, 1.807) is 0 Å². The van der Waals surface area contributed by atoms with E-state index in [2.05, 4.69) is 36.9 Å². The Morgan fingerprint density at radius 3 is 2.81 bits per heavy atom. The fraction of sp³-hybridized carbons (Fsp3) is 0.750. The number of nitrogens with two attached hydrogens (primary N) is 1.